The van der Waals surface area contributed by atoms with Crippen LogP contribution < -0.4 is 0 Å². The van der Waals surface area contributed by atoms with Crippen LogP contribution in [0.25, 0.3) is 0 Å². The first-order valence-electron chi connectivity index (χ1n) is 5.39. The summed E-state index contributed by atoms with van der Waals surface area (Å²) in [5.74, 6) is -0.671. The molecule has 0 aromatic heterocycles. The molecule has 1 atom stereocenters. The Balaban J connectivity index is 3.15. The lowest BCUT2D eigenvalue weighted by molar-refractivity contribution is -0.385. The molecule has 1 aromatic carbocycles. The first kappa shape index (κ1) is 15.2. The summed E-state index contributed by atoms with van der Waals surface area (Å²) in [6.45, 7) is 5.76. The van der Waals surface area contributed by atoms with Crippen molar-refractivity contribution in [2.24, 2.45) is 5.41 Å². The molecule has 18 heavy (non-hydrogen) atoms. The molecule has 0 radical (unpaired) electrons. The molecular weight excluding hydrogens is 280 g/mol. The van der Waals surface area contributed by atoms with Gasteiger partial charge >= 0.3 is 0 Å². The van der Waals surface area contributed by atoms with Crippen molar-refractivity contribution in [1.29, 1.82) is 0 Å². The summed E-state index contributed by atoms with van der Waals surface area (Å²) in [5, 5.41) is 10.3. The van der Waals surface area contributed by atoms with E-state index in [2.05, 4.69) is 0 Å². The van der Waals surface area contributed by atoms with Crippen LogP contribution in [0.3, 0.4) is 0 Å². The third kappa shape index (κ3) is 3.56. The monoisotopic (exact) mass is 293 g/mol. The summed E-state index contributed by atoms with van der Waals surface area (Å²) in [4.78, 5) is 10.3. The molecule has 1 rings (SSSR count). The van der Waals surface area contributed by atoms with Gasteiger partial charge in [0.05, 0.1) is 9.95 Å². The molecule has 0 heterocycles. The number of nitrogens with zero attached hydrogens (tertiary/aromatic N) is 1. The third-order valence-electron chi connectivity index (χ3n) is 2.66. The summed E-state index contributed by atoms with van der Waals surface area (Å²) >= 11 is 11.7. The van der Waals surface area contributed by atoms with E-state index in [0.29, 0.717) is 0 Å². The second-order valence-electron chi connectivity index (χ2n) is 5.19. The Morgan fingerprint density at radius 1 is 1.44 bits per heavy atom. The number of halogens is 3. The van der Waals surface area contributed by atoms with E-state index in [4.69, 9.17) is 23.2 Å². The van der Waals surface area contributed by atoms with Crippen LogP contribution >= 0.6 is 23.2 Å². The molecule has 0 saturated heterocycles. The topological polar surface area (TPSA) is 43.1 Å². The maximum absolute atomic E-state index is 13.4. The van der Waals surface area contributed by atoms with Crippen molar-refractivity contribution in [3.05, 3.63) is 38.7 Å². The van der Waals surface area contributed by atoms with Crippen LogP contribution in [0.5, 0.6) is 0 Å². The predicted octanol–water partition coefficient (Wildman–Crippen LogP) is 4.58. The molecule has 0 aliphatic carbocycles. The van der Waals surface area contributed by atoms with Crippen LogP contribution in [0.1, 0.15) is 26.3 Å². The Morgan fingerprint density at radius 3 is 2.44 bits per heavy atom. The summed E-state index contributed by atoms with van der Waals surface area (Å²) in [6.07, 6.45) is 0.218. The van der Waals surface area contributed by atoms with Gasteiger partial charge in [0.1, 0.15) is 5.82 Å². The fraction of sp³-hybridized carbons (Fsp3) is 0.500. The van der Waals surface area contributed by atoms with Gasteiger partial charge in [0.2, 0.25) is 0 Å². The first-order chi connectivity index (χ1) is 8.12. The van der Waals surface area contributed by atoms with E-state index in [9.17, 15) is 14.5 Å². The maximum Gasteiger partial charge on any atom is 0.274 e. The summed E-state index contributed by atoms with van der Waals surface area (Å²) < 4.78 is 13.4. The number of nitro benzene ring substituents is 1. The molecule has 0 fully saturated rings. The lowest BCUT2D eigenvalue weighted by atomic mass is 9.87. The van der Waals surface area contributed by atoms with E-state index in [1.54, 1.807) is 0 Å². The standard InChI is InChI=1S/C12H14Cl2FNO2/c1-12(2,3)11(14)5-7-4-9(15)8(13)6-10(7)16(17)18/h4,6,11H,5H2,1-3H3. The minimum atomic E-state index is -0.671. The van der Waals surface area contributed by atoms with Gasteiger partial charge in [-0.15, -0.1) is 11.6 Å². The van der Waals surface area contributed by atoms with Crippen molar-refractivity contribution in [2.75, 3.05) is 0 Å². The van der Waals surface area contributed by atoms with Gasteiger partial charge in [0.25, 0.3) is 5.69 Å². The van der Waals surface area contributed by atoms with Crippen molar-refractivity contribution in [3.63, 3.8) is 0 Å². The Hall–Kier alpha value is -0.870. The zero-order chi connectivity index (χ0) is 14.1. The van der Waals surface area contributed by atoms with E-state index < -0.39 is 10.7 Å². The molecular formula is C12H14Cl2FNO2. The number of alkyl halides is 1. The molecule has 0 aliphatic rings. The predicted molar refractivity (Wildman–Crippen MR) is 70.9 cm³/mol. The average molecular weight is 294 g/mol. The van der Waals surface area contributed by atoms with Crippen molar-refractivity contribution < 1.29 is 9.31 Å². The highest BCUT2D eigenvalue weighted by Gasteiger charge is 2.26. The molecule has 0 saturated carbocycles. The second kappa shape index (κ2) is 5.41. The van der Waals surface area contributed by atoms with Gasteiger partial charge in [0.15, 0.2) is 0 Å². The number of benzene rings is 1. The molecule has 0 bridgehead atoms. The van der Waals surface area contributed by atoms with E-state index in [1.807, 2.05) is 20.8 Å². The van der Waals surface area contributed by atoms with Gasteiger partial charge in [-0.2, -0.15) is 0 Å². The van der Waals surface area contributed by atoms with E-state index in [-0.39, 0.29) is 33.5 Å². The van der Waals surface area contributed by atoms with Gasteiger partial charge in [-0.05, 0) is 17.9 Å². The molecule has 1 unspecified atom stereocenters. The maximum atomic E-state index is 13.4. The molecule has 0 amide bonds. The zero-order valence-electron chi connectivity index (χ0n) is 10.3. The van der Waals surface area contributed by atoms with Gasteiger partial charge in [-0.25, -0.2) is 4.39 Å². The Labute approximate surface area is 115 Å². The van der Waals surface area contributed by atoms with Crippen molar-refractivity contribution in [2.45, 2.75) is 32.6 Å². The van der Waals surface area contributed by atoms with Crippen LogP contribution in [0.15, 0.2) is 12.1 Å². The molecule has 0 N–H and O–H groups in total. The van der Waals surface area contributed by atoms with Gasteiger partial charge in [-0.3, -0.25) is 10.1 Å². The van der Waals surface area contributed by atoms with Crippen LogP contribution in [-0.4, -0.2) is 10.3 Å². The minimum Gasteiger partial charge on any atom is -0.258 e. The van der Waals surface area contributed by atoms with Crippen molar-refractivity contribution in [3.8, 4) is 0 Å². The fourth-order valence-electron chi connectivity index (χ4n) is 1.41. The van der Waals surface area contributed by atoms with E-state index >= 15 is 0 Å². The summed E-state index contributed by atoms with van der Waals surface area (Å²) in [5.41, 5.74) is -0.168. The third-order valence-corrected chi connectivity index (χ3v) is 3.76. The number of hydrogen-bond acceptors (Lipinski definition) is 2. The lowest BCUT2D eigenvalue weighted by Gasteiger charge is -2.25. The van der Waals surface area contributed by atoms with Gasteiger partial charge in [-0.1, -0.05) is 32.4 Å². The molecule has 1 aromatic rings. The largest absolute Gasteiger partial charge is 0.274 e. The lowest BCUT2D eigenvalue weighted by Crippen LogP contribution is -2.23. The molecule has 6 heteroatoms. The number of hydrogen-bond donors (Lipinski definition) is 0. The van der Waals surface area contributed by atoms with E-state index in [0.717, 1.165) is 12.1 Å². The van der Waals surface area contributed by atoms with Gasteiger partial charge < -0.3 is 0 Å². The average Bonchev–Trinajstić information content (AvgIpc) is 2.21. The Kier molecular flexibility index (Phi) is 4.56. The quantitative estimate of drug-likeness (QED) is 0.465. The molecule has 0 spiro atoms. The summed E-state index contributed by atoms with van der Waals surface area (Å²) in [6, 6.07) is 2.11. The van der Waals surface area contributed by atoms with Crippen LogP contribution in [0, 0.1) is 21.3 Å². The van der Waals surface area contributed by atoms with E-state index in [1.165, 1.54) is 0 Å². The van der Waals surface area contributed by atoms with Crippen molar-refractivity contribution >= 4 is 28.9 Å². The number of nitro groups is 1. The normalized spacial score (nSPS) is 13.4. The highest BCUT2D eigenvalue weighted by molar-refractivity contribution is 6.31. The van der Waals surface area contributed by atoms with Crippen LogP contribution in [-0.2, 0) is 6.42 Å². The van der Waals surface area contributed by atoms with Gasteiger partial charge in [0, 0.05) is 17.0 Å². The SMILES string of the molecule is CC(C)(C)C(Cl)Cc1cc(F)c(Cl)cc1[N+](=O)[O-]. The van der Waals surface area contributed by atoms with Crippen LogP contribution in [0.4, 0.5) is 10.1 Å². The smallest absolute Gasteiger partial charge is 0.258 e. The fourth-order valence-corrected chi connectivity index (χ4v) is 1.73. The molecule has 3 nitrogen and oxygen atoms in total. The second-order valence-corrected chi connectivity index (χ2v) is 6.12. The highest BCUT2D eigenvalue weighted by Crippen LogP contribution is 2.32. The van der Waals surface area contributed by atoms with Crippen molar-refractivity contribution in [1.82, 2.24) is 0 Å². The minimum absolute atomic E-state index is 0.198. The molecule has 0 aliphatic heterocycles. The summed E-state index contributed by atoms with van der Waals surface area (Å²) in [7, 11) is 0. The Bertz CT molecular complexity index is 472. The Morgan fingerprint density at radius 2 is 2.00 bits per heavy atom. The zero-order valence-corrected chi connectivity index (χ0v) is 11.8. The van der Waals surface area contributed by atoms with Crippen LogP contribution in [0.2, 0.25) is 5.02 Å². The number of rotatable bonds is 3. The first-order valence-corrected chi connectivity index (χ1v) is 6.20. The molecule has 100 valence electrons. The highest BCUT2D eigenvalue weighted by atomic mass is 35.5.